The number of rotatable bonds is 8. The molecule has 0 aliphatic carbocycles. The first kappa shape index (κ1) is 23.1. The summed E-state index contributed by atoms with van der Waals surface area (Å²) >= 11 is 1.15. The van der Waals surface area contributed by atoms with Gasteiger partial charge in [0.2, 0.25) is 0 Å². The van der Waals surface area contributed by atoms with Gasteiger partial charge in [-0.25, -0.2) is 9.59 Å². The third kappa shape index (κ3) is 5.97. The highest BCUT2D eigenvalue weighted by atomic mass is 32.2. The van der Waals surface area contributed by atoms with Crippen LogP contribution in [0.5, 0.6) is 0 Å². The Morgan fingerprint density at radius 1 is 0.968 bits per heavy atom. The van der Waals surface area contributed by atoms with Gasteiger partial charge in [-0.3, -0.25) is 0 Å². The van der Waals surface area contributed by atoms with E-state index in [1.54, 1.807) is 30.3 Å². The summed E-state index contributed by atoms with van der Waals surface area (Å²) in [6.07, 6.45) is 0.00102. The largest absolute Gasteiger partial charge is 0.461 e. The third-order valence-corrected chi connectivity index (χ3v) is 6.19. The molecule has 0 bridgehead atoms. The Hall–Kier alpha value is -2.61. The van der Waals surface area contributed by atoms with E-state index in [1.807, 2.05) is 38.1 Å². The van der Waals surface area contributed by atoms with Crippen LogP contribution in [0.3, 0.4) is 0 Å². The minimum atomic E-state index is -0.932. The van der Waals surface area contributed by atoms with E-state index in [2.05, 4.69) is 6.58 Å². The van der Waals surface area contributed by atoms with Crippen molar-refractivity contribution in [1.82, 2.24) is 0 Å². The molecule has 164 valence electrons. The van der Waals surface area contributed by atoms with Crippen molar-refractivity contribution in [3.63, 3.8) is 0 Å². The van der Waals surface area contributed by atoms with E-state index in [0.717, 1.165) is 22.9 Å². The van der Waals surface area contributed by atoms with Crippen LogP contribution < -0.4 is 0 Å². The zero-order valence-corrected chi connectivity index (χ0v) is 18.3. The second-order valence-corrected chi connectivity index (χ2v) is 8.71. The van der Waals surface area contributed by atoms with Gasteiger partial charge >= 0.3 is 11.9 Å². The number of thioether (sulfide) groups is 1. The number of esters is 2. The molecular weight excluding hydrogens is 416 g/mol. The van der Waals surface area contributed by atoms with E-state index >= 15 is 0 Å². The second-order valence-electron chi connectivity index (χ2n) is 7.35. The van der Waals surface area contributed by atoms with E-state index in [-0.39, 0.29) is 13.2 Å². The lowest BCUT2D eigenvalue weighted by atomic mass is 10.1. The molecule has 1 N–H and O–H groups in total. The van der Waals surface area contributed by atoms with Gasteiger partial charge < -0.3 is 19.3 Å². The zero-order chi connectivity index (χ0) is 22.4. The number of hydrogen-bond donors (Lipinski definition) is 1. The third-order valence-electron chi connectivity index (χ3n) is 4.89. The monoisotopic (exact) mass is 442 g/mol. The molecule has 1 aliphatic heterocycles. The number of ether oxygens (including phenoxy) is 3. The topological polar surface area (TPSA) is 82.1 Å². The smallest absolute Gasteiger partial charge is 0.338 e. The molecule has 31 heavy (non-hydrogen) atoms. The molecule has 3 rings (SSSR count). The minimum Gasteiger partial charge on any atom is -0.461 e. The Bertz CT molecular complexity index is 909. The van der Waals surface area contributed by atoms with Gasteiger partial charge in [0.1, 0.15) is 24.3 Å². The fourth-order valence-electron chi connectivity index (χ4n) is 3.15. The number of benzene rings is 2. The minimum absolute atomic E-state index is 0.0335. The highest BCUT2D eigenvalue weighted by Gasteiger charge is 2.47. The maximum absolute atomic E-state index is 12.7. The molecule has 7 heteroatoms. The molecular formula is C24H26O6S. The Kier molecular flexibility index (Phi) is 7.90. The maximum Gasteiger partial charge on any atom is 0.338 e. The highest BCUT2D eigenvalue weighted by molar-refractivity contribution is 8.00. The molecule has 0 spiro atoms. The summed E-state index contributed by atoms with van der Waals surface area (Å²) in [7, 11) is 0. The van der Waals surface area contributed by atoms with Gasteiger partial charge in [0.05, 0.1) is 23.0 Å². The number of carbonyl (C=O) groups excluding carboxylic acids is 2. The van der Waals surface area contributed by atoms with Gasteiger partial charge in [-0.15, -0.1) is 18.3 Å². The lowest BCUT2D eigenvalue weighted by Gasteiger charge is -2.24. The van der Waals surface area contributed by atoms with E-state index < -0.39 is 34.8 Å². The summed E-state index contributed by atoms with van der Waals surface area (Å²) in [6, 6.07) is 14.1. The second kappa shape index (κ2) is 10.6. The van der Waals surface area contributed by atoms with Crippen LogP contribution in [0.1, 0.15) is 31.8 Å². The first-order chi connectivity index (χ1) is 14.9. The quantitative estimate of drug-likeness (QED) is 0.493. The predicted octanol–water partition coefficient (Wildman–Crippen LogP) is 3.69. The predicted molar refractivity (Wildman–Crippen MR) is 119 cm³/mol. The van der Waals surface area contributed by atoms with Gasteiger partial charge in [-0.05, 0) is 38.1 Å². The first-order valence-corrected chi connectivity index (χ1v) is 10.9. The fourth-order valence-corrected chi connectivity index (χ4v) is 4.41. The Balaban J connectivity index is 1.70. The summed E-state index contributed by atoms with van der Waals surface area (Å²) < 4.78 is 16.8. The molecule has 0 saturated carbocycles. The number of aryl methyl sites for hydroxylation is 2. The molecule has 0 amide bonds. The van der Waals surface area contributed by atoms with Crippen molar-refractivity contribution in [2.24, 2.45) is 0 Å². The summed E-state index contributed by atoms with van der Waals surface area (Å²) in [4.78, 5) is 25.1. The molecule has 1 unspecified atom stereocenters. The molecule has 1 aliphatic rings. The van der Waals surface area contributed by atoms with Crippen LogP contribution in [0.15, 0.2) is 61.2 Å². The van der Waals surface area contributed by atoms with Crippen molar-refractivity contribution in [2.45, 2.75) is 36.7 Å². The number of aliphatic hydroxyl groups is 1. The summed E-state index contributed by atoms with van der Waals surface area (Å²) in [5.74, 6) is -1.00. The summed E-state index contributed by atoms with van der Waals surface area (Å²) in [6.45, 7) is 7.63. The van der Waals surface area contributed by atoms with Crippen molar-refractivity contribution in [3.8, 4) is 0 Å². The fraction of sp³-hybridized carbons (Fsp3) is 0.333. The average molecular weight is 443 g/mol. The van der Waals surface area contributed by atoms with Crippen molar-refractivity contribution < 1.29 is 28.9 Å². The lowest BCUT2D eigenvalue weighted by Crippen LogP contribution is -2.40. The molecule has 1 fully saturated rings. The maximum atomic E-state index is 12.7. The van der Waals surface area contributed by atoms with Crippen LogP contribution in [0.4, 0.5) is 0 Å². The molecule has 2 aromatic rings. The number of aliphatic hydroxyl groups excluding tert-OH is 1. The molecule has 4 atom stereocenters. The highest BCUT2D eigenvalue weighted by Crippen LogP contribution is 2.37. The molecule has 6 nitrogen and oxygen atoms in total. The van der Waals surface area contributed by atoms with Gasteiger partial charge in [0, 0.05) is 0 Å². The summed E-state index contributed by atoms with van der Waals surface area (Å²) in [5.41, 5.74) is 1.96. The molecule has 0 aromatic heterocycles. The average Bonchev–Trinajstić information content (AvgIpc) is 3.05. The number of carbonyl (C=O) groups is 2. The molecule has 1 saturated heterocycles. The standard InChI is InChI=1S/C24H26O6S/c1-4-13-28-21-20(30-23(26)18-11-7-16(3)8-12-18)19(31-24(21)27)14-29-22(25)17-9-5-15(2)6-10-17/h4-12,19-21,24,27H,1,13-14H2,2-3H3/t19-,20+,21-,24?/m1/s1. The van der Waals surface area contributed by atoms with Gasteiger partial charge in [-0.2, -0.15) is 0 Å². The van der Waals surface area contributed by atoms with Gasteiger partial charge in [0.25, 0.3) is 0 Å². The van der Waals surface area contributed by atoms with E-state index in [1.165, 1.54) is 0 Å². The van der Waals surface area contributed by atoms with Gasteiger partial charge in [0.15, 0.2) is 0 Å². The van der Waals surface area contributed by atoms with E-state index in [4.69, 9.17) is 14.2 Å². The van der Waals surface area contributed by atoms with Crippen LogP contribution in [0.25, 0.3) is 0 Å². The zero-order valence-electron chi connectivity index (χ0n) is 17.5. The first-order valence-electron chi connectivity index (χ1n) is 9.96. The van der Waals surface area contributed by atoms with Crippen LogP contribution in [-0.4, -0.2) is 53.2 Å². The van der Waals surface area contributed by atoms with E-state index in [0.29, 0.717) is 11.1 Å². The Morgan fingerprint density at radius 3 is 2.06 bits per heavy atom. The van der Waals surface area contributed by atoms with Crippen LogP contribution in [0.2, 0.25) is 0 Å². The normalized spacial score (nSPS) is 22.7. The van der Waals surface area contributed by atoms with Crippen molar-refractivity contribution in [3.05, 3.63) is 83.4 Å². The SMILES string of the molecule is C=CCO[C@H]1C(O)S[C@H](COC(=O)c2ccc(C)cc2)[C@@H]1OC(=O)c1ccc(C)cc1. The van der Waals surface area contributed by atoms with Crippen LogP contribution >= 0.6 is 11.8 Å². The Morgan fingerprint density at radius 2 is 1.52 bits per heavy atom. The van der Waals surface area contributed by atoms with Crippen LogP contribution in [-0.2, 0) is 14.2 Å². The molecule has 1 heterocycles. The lowest BCUT2D eigenvalue weighted by molar-refractivity contribution is -0.0685. The molecule has 0 radical (unpaired) electrons. The Labute approximate surface area is 186 Å². The van der Waals surface area contributed by atoms with E-state index in [9.17, 15) is 14.7 Å². The van der Waals surface area contributed by atoms with Crippen molar-refractivity contribution in [1.29, 1.82) is 0 Å². The van der Waals surface area contributed by atoms with Crippen LogP contribution in [0, 0.1) is 13.8 Å². The van der Waals surface area contributed by atoms with Gasteiger partial charge in [-0.1, -0.05) is 41.5 Å². The van der Waals surface area contributed by atoms with Crippen molar-refractivity contribution >= 4 is 23.7 Å². The summed E-state index contributed by atoms with van der Waals surface area (Å²) in [5, 5.41) is 9.98. The van der Waals surface area contributed by atoms with Crippen molar-refractivity contribution in [2.75, 3.05) is 13.2 Å². The molecule has 2 aromatic carbocycles. The number of hydrogen-bond acceptors (Lipinski definition) is 7.